The Balaban J connectivity index is 0.000000193. The van der Waals surface area contributed by atoms with E-state index in [0.717, 1.165) is 117 Å². The lowest BCUT2D eigenvalue weighted by atomic mass is 9.90. The number of benzene rings is 2. The highest BCUT2D eigenvalue weighted by Gasteiger charge is 2.39. The molecule has 4 amide bonds. The zero-order valence-electron chi connectivity index (χ0n) is 69.9. The number of carbonyl (C=O) groups is 4. The van der Waals surface area contributed by atoms with Gasteiger partial charge in [0.2, 0.25) is 0 Å². The Hall–Kier alpha value is -10.1. The number of alkyl carbamates (subject to hydrolysis) is 4. The average Bonchev–Trinajstić information content (AvgIpc) is 1.64. The highest BCUT2D eigenvalue weighted by atomic mass is 79.9. The summed E-state index contributed by atoms with van der Waals surface area (Å²) in [5.74, 6) is 4.37. The van der Waals surface area contributed by atoms with E-state index < -0.39 is 34.6 Å². The van der Waals surface area contributed by atoms with Crippen LogP contribution in [-0.2, 0) is 32.0 Å². The number of nitrogens with zero attached hydrogens (tertiary/aromatic N) is 17. The summed E-state index contributed by atoms with van der Waals surface area (Å²) >= 11 is 20.3. The summed E-state index contributed by atoms with van der Waals surface area (Å²) in [5, 5.41) is 24.2. The Bertz CT molecular complexity index is 4640. The molecule has 4 aliphatic heterocycles. The molecule has 6 aromatic heterocycles. The number of ether oxygens (including phenoxy) is 6. The first kappa shape index (κ1) is 92.4. The minimum absolute atomic E-state index is 0.0440. The number of methoxy groups -OCH3 is 2. The Morgan fingerprint density at radius 2 is 0.855 bits per heavy atom. The molecule has 12 rings (SSSR count). The van der Waals surface area contributed by atoms with Crippen LogP contribution in [0.3, 0.4) is 0 Å². The Morgan fingerprint density at radius 1 is 0.504 bits per heavy atom. The molecule has 4 saturated heterocycles. The number of nitrogen functional groups attached to an aromatic ring is 1. The quantitative estimate of drug-likeness (QED) is 0.0364. The molecule has 4 atom stereocenters. The van der Waals surface area contributed by atoms with E-state index in [4.69, 9.17) is 92.1 Å². The smallest absolute Gasteiger partial charge is 0.407 e. The van der Waals surface area contributed by atoms with Gasteiger partial charge in [0.25, 0.3) is 0 Å². The molecular weight excluding hydrogens is 1630 g/mol. The van der Waals surface area contributed by atoms with E-state index in [0.29, 0.717) is 73.2 Å². The molecule has 117 heavy (non-hydrogen) atoms. The first-order valence-corrected chi connectivity index (χ1v) is 40.1. The van der Waals surface area contributed by atoms with Crippen LogP contribution in [0.2, 0.25) is 15.5 Å². The van der Waals surface area contributed by atoms with Gasteiger partial charge in [-0.05, 0) is 172 Å². The van der Waals surface area contributed by atoms with Gasteiger partial charge in [-0.1, -0.05) is 99.9 Å². The summed E-state index contributed by atoms with van der Waals surface area (Å²) in [4.78, 5) is 94.5. The van der Waals surface area contributed by atoms with E-state index in [2.05, 4.69) is 135 Å². The summed E-state index contributed by atoms with van der Waals surface area (Å²) in [6.07, 6.45) is 8.69. The third-order valence-electron chi connectivity index (χ3n) is 18.8. The standard InChI is InChI=1S/C24H31BrN6O3.C24H33N7O3.C16H22ClN5O2.C11H22N2O2.C5HCl2N3/c2*1-23(2,3)34-22(32)27-14-24(4)10-11-30(15-24)18-12-26-19-20(25)29-31(21(19)28-18)13-16-6-8-17(33-5)9-7-16;1-15(2,3)24-14(23)20-9-16(4)6-7-22(10-16)11-8-19-13(18-5)12(17)21-11;1-10(2,3)15-9(14)13-8-11(4)5-6-12-7-11;1-8-5-4(7)10-3(6)2-9-5/h6-9,12H,10-11,13-15H2,1-5H3,(H,27,32);6-9,12H,10-11,13-15H2,1-5H3,(H2,25,29)(H,27,32);8H,6-7,9-10H2,1-4H3,(H,20,23);12H,5-8H2,1-4H3,(H,13,14);2H. The molecule has 7 N–H and O–H groups in total. The SMILES string of the molecule is CC1(CNC(=O)OC(C)(C)C)CCNC1.COc1ccc(Cn2nc(Br)c3ncc(N4CCC(C)(CNC(=O)OC(C)(C)C)C4)nc32)cc1.COc1ccc(Cn2nc(N)c3ncc(N4CCC(C)(CNC(=O)OC(C)(C)C)C4)nc32)cc1.[C-]#[N+]c1ncc(Cl)nc1Cl.[C-]#[N+]c1ncc(N2CCC(C)(CNC(=O)OC(C)(C)C)C2)nc1Cl. The number of hydrogen-bond acceptors (Lipinski definition) is 25. The molecule has 37 heteroatoms. The third kappa shape index (κ3) is 28.6. The molecular formula is C80H109BrCl3N23O10. The number of carbonyl (C=O) groups excluding carboxylic acids is 4. The number of nitrogens with one attached hydrogen (secondary N) is 5. The van der Waals surface area contributed by atoms with Crippen LogP contribution in [0.25, 0.3) is 32.0 Å². The number of hydrogen-bond donors (Lipinski definition) is 6. The van der Waals surface area contributed by atoms with Gasteiger partial charge in [-0.15, -0.1) is 9.97 Å². The van der Waals surface area contributed by atoms with Crippen molar-refractivity contribution in [1.82, 2.24) is 86.0 Å². The van der Waals surface area contributed by atoms with Crippen LogP contribution < -0.4 is 56.5 Å². The third-order valence-corrected chi connectivity index (χ3v) is 20.0. The fourth-order valence-electron chi connectivity index (χ4n) is 12.7. The fraction of sp³-hybridized carbons (Fsp3) is 0.550. The van der Waals surface area contributed by atoms with Gasteiger partial charge in [0.1, 0.15) is 51.1 Å². The van der Waals surface area contributed by atoms with E-state index in [1.807, 2.05) is 136 Å². The van der Waals surface area contributed by atoms with Crippen LogP contribution in [-0.4, -0.2) is 199 Å². The lowest BCUT2D eigenvalue weighted by Gasteiger charge is -2.26. The van der Waals surface area contributed by atoms with E-state index in [1.165, 1.54) is 6.20 Å². The molecule has 0 spiro atoms. The van der Waals surface area contributed by atoms with Crippen LogP contribution in [0.4, 0.5) is 54.1 Å². The predicted octanol–water partition coefficient (Wildman–Crippen LogP) is 14.9. The van der Waals surface area contributed by atoms with E-state index >= 15 is 0 Å². The second-order valence-electron chi connectivity index (χ2n) is 34.5. The normalized spacial score (nSPS) is 19.0. The maximum Gasteiger partial charge on any atom is 0.407 e. The average molecular weight is 1740 g/mol. The maximum atomic E-state index is 12.1. The number of aromatic nitrogens is 12. The van der Waals surface area contributed by atoms with Gasteiger partial charge in [-0.3, -0.25) is 0 Å². The van der Waals surface area contributed by atoms with Gasteiger partial charge in [0, 0.05) is 88.2 Å². The van der Waals surface area contributed by atoms with Crippen LogP contribution >= 0.6 is 50.7 Å². The summed E-state index contributed by atoms with van der Waals surface area (Å²) in [5.41, 5.74) is 8.88. The molecule has 0 radical (unpaired) electrons. The van der Waals surface area contributed by atoms with Crippen molar-refractivity contribution in [2.24, 2.45) is 21.7 Å². The number of fused-ring (bicyclic) bond motifs is 2. The van der Waals surface area contributed by atoms with E-state index in [1.54, 1.807) is 37.5 Å². The lowest BCUT2D eigenvalue weighted by molar-refractivity contribution is 0.0496. The van der Waals surface area contributed by atoms with Gasteiger partial charge >= 0.3 is 36.0 Å². The van der Waals surface area contributed by atoms with Crippen molar-refractivity contribution in [2.45, 2.75) is 172 Å². The van der Waals surface area contributed by atoms with Crippen molar-refractivity contribution >= 4 is 132 Å². The molecule has 632 valence electrons. The van der Waals surface area contributed by atoms with Crippen LogP contribution in [0.15, 0.2) is 77.9 Å². The molecule has 0 saturated carbocycles. The van der Waals surface area contributed by atoms with E-state index in [9.17, 15) is 19.2 Å². The second kappa shape index (κ2) is 39.4. The first-order valence-electron chi connectivity index (χ1n) is 38.2. The Kier molecular flexibility index (Phi) is 31.1. The monoisotopic (exact) mass is 1740 g/mol. The van der Waals surface area contributed by atoms with Gasteiger partial charge in [0.05, 0.1) is 39.7 Å². The molecule has 4 aliphatic rings. The molecule has 2 aromatic carbocycles. The topological polar surface area (TPSA) is 367 Å². The Morgan fingerprint density at radius 3 is 1.21 bits per heavy atom. The minimum Gasteiger partial charge on any atom is -0.497 e. The molecule has 10 heterocycles. The van der Waals surface area contributed by atoms with Crippen molar-refractivity contribution in [1.29, 1.82) is 0 Å². The molecule has 4 fully saturated rings. The summed E-state index contributed by atoms with van der Waals surface area (Å²) < 4.78 is 36.0. The highest BCUT2D eigenvalue weighted by molar-refractivity contribution is 9.10. The molecule has 8 aromatic rings. The van der Waals surface area contributed by atoms with Crippen molar-refractivity contribution in [3.63, 3.8) is 0 Å². The fourth-order valence-corrected chi connectivity index (χ4v) is 13.7. The number of nitrogens with two attached hydrogens (primary N) is 1. The summed E-state index contributed by atoms with van der Waals surface area (Å²) in [7, 11) is 3.30. The summed E-state index contributed by atoms with van der Waals surface area (Å²) in [6, 6.07) is 15.7. The number of anilines is 4. The number of halogens is 4. The summed E-state index contributed by atoms with van der Waals surface area (Å²) in [6.45, 7) is 54.3. The van der Waals surface area contributed by atoms with Crippen molar-refractivity contribution < 1.29 is 47.6 Å². The van der Waals surface area contributed by atoms with Crippen LogP contribution in [0.1, 0.15) is 148 Å². The zero-order valence-corrected chi connectivity index (χ0v) is 73.8. The van der Waals surface area contributed by atoms with Gasteiger partial charge in [-0.25, -0.2) is 58.4 Å². The van der Waals surface area contributed by atoms with Crippen LogP contribution in [0, 0.1) is 34.8 Å². The number of amides is 4. The van der Waals surface area contributed by atoms with Crippen molar-refractivity contribution in [3.05, 3.63) is 127 Å². The van der Waals surface area contributed by atoms with E-state index in [-0.39, 0.29) is 60.9 Å². The van der Waals surface area contributed by atoms with Crippen molar-refractivity contribution in [2.75, 3.05) is 113 Å². The molecule has 0 bridgehead atoms. The first-order chi connectivity index (χ1) is 54.8. The lowest BCUT2D eigenvalue weighted by Crippen LogP contribution is -2.40. The molecule has 0 aliphatic carbocycles. The van der Waals surface area contributed by atoms with Gasteiger partial charge in [0.15, 0.2) is 60.9 Å². The maximum absolute atomic E-state index is 12.1. The highest BCUT2D eigenvalue weighted by Crippen LogP contribution is 2.37. The Labute approximate surface area is 707 Å². The van der Waals surface area contributed by atoms with Gasteiger partial charge < -0.3 is 85.1 Å². The van der Waals surface area contributed by atoms with Crippen LogP contribution in [0.5, 0.6) is 11.5 Å². The molecule has 4 unspecified atom stereocenters. The zero-order chi connectivity index (χ0) is 86.1. The second-order valence-corrected chi connectivity index (χ2v) is 36.3. The largest absolute Gasteiger partial charge is 0.497 e. The number of rotatable bonds is 17. The van der Waals surface area contributed by atoms with Gasteiger partial charge in [-0.2, -0.15) is 10.2 Å². The molecule has 33 nitrogen and oxygen atoms in total. The predicted molar refractivity (Wildman–Crippen MR) is 456 cm³/mol. The van der Waals surface area contributed by atoms with Crippen molar-refractivity contribution in [3.8, 4) is 11.5 Å². The minimum atomic E-state index is -0.520.